The van der Waals surface area contributed by atoms with Crippen LogP contribution >= 0.6 is 27.7 Å². The topological polar surface area (TPSA) is 98.2 Å². The van der Waals surface area contributed by atoms with E-state index in [1.165, 1.54) is 16.7 Å². The first-order chi connectivity index (χ1) is 16.3. The van der Waals surface area contributed by atoms with Gasteiger partial charge in [0.1, 0.15) is 6.04 Å². The summed E-state index contributed by atoms with van der Waals surface area (Å²) < 4.78 is -0.860. The molecule has 5 rings (SSSR count). The van der Waals surface area contributed by atoms with Crippen LogP contribution in [0.4, 0.5) is 5.69 Å². The van der Waals surface area contributed by atoms with Crippen LogP contribution in [0.3, 0.4) is 0 Å². The van der Waals surface area contributed by atoms with Gasteiger partial charge in [-0.05, 0) is 29.3 Å². The molecule has 3 aliphatic rings. The number of carbonyl (C=O) groups is 3. The van der Waals surface area contributed by atoms with Gasteiger partial charge in [-0.2, -0.15) is 0 Å². The predicted octanol–water partition coefficient (Wildman–Crippen LogP) is 2.90. The summed E-state index contributed by atoms with van der Waals surface area (Å²) in [4.78, 5) is 42.9. The highest BCUT2D eigenvalue weighted by Crippen LogP contribution is 2.67. The van der Waals surface area contributed by atoms with E-state index in [4.69, 9.17) is 0 Å². The monoisotopic (exact) mass is 544 g/mol. The lowest BCUT2D eigenvalue weighted by molar-refractivity contribution is -0.148. The van der Waals surface area contributed by atoms with Gasteiger partial charge in [-0.25, -0.2) is 0 Å². The number of aliphatic hydroxyl groups excluding tert-OH is 1. The molecule has 6 atom stereocenters. The molecule has 2 bridgehead atoms. The summed E-state index contributed by atoms with van der Waals surface area (Å²) >= 11 is 5.08. The number of aliphatic carboxylic acids is 1. The Morgan fingerprint density at radius 1 is 1.26 bits per heavy atom. The number of halogens is 1. The maximum Gasteiger partial charge on any atom is 0.308 e. The molecule has 0 saturated carbocycles. The lowest BCUT2D eigenvalue weighted by Gasteiger charge is -2.37. The minimum atomic E-state index is -1.02. The third-order valence-electron chi connectivity index (χ3n) is 7.27. The summed E-state index contributed by atoms with van der Waals surface area (Å²) in [5.74, 6) is -3.32. The molecule has 2 amide bonds. The van der Waals surface area contributed by atoms with Crippen LogP contribution in [0.1, 0.15) is 6.42 Å². The fourth-order valence-corrected chi connectivity index (χ4v) is 9.58. The molecular weight excluding hydrogens is 520 g/mol. The summed E-state index contributed by atoms with van der Waals surface area (Å²) in [6, 6.07) is 12.7. The van der Waals surface area contributed by atoms with Crippen molar-refractivity contribution >= 4 is 61.9 Å². The molecule has 3 fully saturated rings. The second kappa shape index (κ2) is 8.70. The number of amides is 2. The first-order valence-electron chi connectivity index (χ1n) is 11.2. The van der Waals surface area contributed by atoms with Crippen molar-refractivity contribution in [2.45, 2.75) is 27.3 Å². The number of hydrogen-bond acceptors (Lipinski definition) is 5. The minimum Gasteiger partial charge on any atom is -0.481 e. The highest BCUT2D eigenvalue weighted by atomic mass is 79.9. The number of thioether (sulfide) groups is 1. The van der Waals surface area contributed by atoms with Gasteiger partial charge in [0.25, 0.3) is 5.91 Å². The van der Waals surface area contributed by atoms with E-state index < -0.39 is 28.6 Å². The number of anilines is 1. The van der Waals surface area contributed by atoms with Crippen LogP contribution in [-0.4, -0.2) is 73.5 Å². The minimum absolute atomic E-state index is 0.0162. The molecule has 34 heavy (non-hydrogen) atoms. The summed E-state index contributed by atoms with van der Waals surface area (Å²) in [6.07, 6.45) is 2.16. The number of β-amino-alcohol motifs (C(OH)–C–C–N with tert-alkyl or cyclic N) is 1. The lowest BCUT2D eigenvalue weighted by atomic mass is 9.71. The van der Waals surface area contributed by atoms with Crippen LogP contribution in [0.25, 0.3) is 10.8 Å². The standard InChI is InChI=1S/C25H25BrN2O5S/c1-2-9-27(16-8-7-14-5-3-4-6-15(14)12-16)23(31)21-25-13-17(26)20(34-25)18(24(32)33)19(25)22(30)28(21)10-11-29/h2-8,12,17-21,29H,1,9-11,13H2,(H,32,33)/t17?,18-,19-,20-,21?,25?/m0/s1. The average molecular weight is 545 g/mol. The van der Waals surface area contributed by atoms with Gasteiger partial charge in [0.15, 0.2) is 0 Å². The third-order valence-corrected chi connectivity index (χ3v) is 10.5. The van der Waals surface area contributed by atoms with E-state index >= 15 is 0 Å². The summed E-state index contributed by atoms with van der Waals surface area (Å²) in [5, 5.41) is 21.4. The van der Waals surface area contributed by atoms with Crippen molar-refractivity contribution in [3.63, 3.8) is 0 Å². The van der Waals surface area contributed by atoms with Crippen molar-refractivity contribution in [3.8, 4) is 0 Å². The van der Waals surface area contributed by atoms with Crippen LogP contribution < -0.4 is 4.90 Å². The fraction of sp³-hybridized carbons (Fsp3) is 0.400. The Hall–Kier alpha value is -2.36. The van der Waals surface area contributed by atoms with Crippen LogP contribution in [0, 0.1) is 11.8 Å². The van der Waals surface area contributed by atoms with Crippen LogP contribution in [0.2, 0.25) is 0 Å². The Labute approximate surface area is 209 Å². The number of likely N-dealkylation sites (tertiary alicyclic amines) is 1. The van der Waals surface area contributed by atoms with E-state index in [-0.39, 0.29) is 41.6 Å². The van der Waals surface area contributed by atoms with Crippen molar-refractivity contribution in [1.29, 1.82) is 0 Å². The van der Waals surface area contributed by atoms with Gasteiger partial charge in [0.2, 0.25) is 5.91 Å². The number of benzene rings is 2. The smallest absolute Gasteiger partial charge is 0.308 e. The molecule has 0 radical (unpaired) electrons. The SMILES string of the molecule is C=CCN(C(=O)C1N(CCO)C(=O)[C@@H]2[C@H](C(=O)O)[C@H]3SC12CC3Br)c1ccc2ccccc2c1. The molecule has 0 aliphatic carbocycles. The Kier molecular flexibility index (Phi) is 5.98. The van der Waals surface area contributed by atoms with Crippen molar-refractivity contribution in [1.82, 2.24) is 4.90 Å². The van der Waals surface area contributed by atoms with Crippen molar-refractivity contribution in [3.05, 3.63) is 55.1 Å². The van der Waals surface area contributed by atoms with E-state index in [1.54, 1.807) is 11.0 Å². The molecule has 2 aromatic carbocycles. The number of fused-ring (bicyclic) bond motifs is 2. The zero-order valence-corrected chi connectivity index (χ0v) is 20.7. The van der Waals surface area contributed by atoms with E-state index in [0.29, 0.717) is 12.1 Å². The second-order valence-corrected chi connectivity index (χ2v) is 11.7. The number of hydrogen-bond donors (Lipinski definition) is 2. The predicted molar refractivity (Wildman–Crippen MR) is 135 cm³/mol. The Bertz CT molecular complexity index is 1190. The third kappa shape index (κ3) is 3.31. The maximum absolute atomic E-state index is 14.2. The molecule has 3 unspecified atom stereocenters. The lowest BCUT2D eigenvalue weighted by Crippen LogP contribution is -2.56. The highest BCUT2D eigenvalue weighted by Gasteiger charge is 2.76. The summed E-state index contributed by atoms with van der Waals surface area (Å²) in [7, 11) is 0. The molecule has 2 aromatic rings. The van der Waals surface area contributed by atoms with Gasteiger partial charge in [-0.15, -0.1) is 18.3 Å². The van der Waals surface area contributed by atoms with Gasteiger partial charge < -0.3 is 20.0 Å². The van der Waals surface area contributed by atoms with Crippen molar-refractivity contribution < 1.29 is 24.6 Å². The van der Waals surface area contributed by atoms with E-state index in [1.807, 2.05) is 42.5 Å². The summed E-state index contributed by atoms with van der Waals surface area (Å²) in [6.45, 7) is 3.74. The first-order valence-corrected chi connectivity index (χ1v) is 13.0. The number of carboxylic acid groups (broad SMARTS) is 1. The van der Waals surface area contributed by atoms with Crippen LogP contribution in [-0.2, 0) is 14.4 Å². The number of carboxylic acids is 1. The molecule has 1 spiro atoms. The van der Waals surface area contributed by atoms with Crippen LogP contribution in [0.15, 0.2) is 55.1 Å². The molecule has 3 aliphatic heterocycles. The number of alkyl halides is 1. The normalized spacial score (nSPS) is 31.6. The Balaban J connectivity index is 1.60. The second-order valence-electron chi connectivity index (χ2n) is 9.03. The molecule has 2 N–H and O–H groups in total. The van der Waals surface area contributed by atoms with Gasteiger partial charge in [-0.3, -0.25) is 14.4 Å². The number of rotatable bonds is 7. The molecule has 7 nitrogen and oxygen atoms in total. The molecule has 0 aromatic heterocycles. The molecule has 9 heteroatoms. The number of carbonyl (C=O) groups excluding carboxylic acids is 2. The van der Waals surface area contributed by atoms with E-state index in [9.17, 15) is 24.6 Å². The van der Waals surface area contributed by atoms with Gasteiger partial charge in [0, 0.05) is 28.9 Å². The van der Waals surface area contributed by atoms with Gasteiger partial charge in [-0.1, -0.05) is 52.3 Å². The van der Waals surface area contributed by atoms with E-state index in [2.05, 4.69) is 22.5 Å². The Morgan fingerprint density at radius 3 is 2.68 bits per heavy atom. The molecule has 178 valence electrons. The van der Waals surface area contributed by atoms with Crippen molar-refractivity contribution in [2.75, 3.05) is 24.6 Å². The largest absolute Gasteiger partial charge is 0.481 e. The van der Waals surface area contributed by atoms with Gasteiger partial charge in [0.05, 0.1) is 23.2 Å². The zero-order chi connectivity index (χ0) is 24.2. The first kappa shape index (κ1) is 23.4. The number of aliphatic hydroxyl groups is 1. The molecule has 3 heterocycles. The summed E-state index contributed by atoms with van der Waals surface area (Å²) in [5.41, 5.74) is 0.683. The molecule has 3 saturated heterocycles. The Morgan fingerprint density at radius 2 is 2.00 bits per heavy atom. The van der Waals surface area contributed by atoms with Crippen molar-refractivity contribution in [2.24, 2.45) is 11.8 Å². The molecular formula is C25H25BrN2O5S. The average Bonchev–Trinajstić information content (AvgIpc) is 3.41. The van der Waals surface area contributed by atoms with Crippen LogP contribution in [0.5, 0.6) is 0 Å². The zero-order valence-electron chi connectivity index (χ0n) is 18.3. The quantitative estimate of drug-likeness (QED) is 0.410. The highest BCUT2D eigenvalue weighted by molar-refractivity contribution is 9.09. The fourth-order valence-electron chi connectivity index (χ4n) is 5.98. The number of nitrogens with zero attached hydrogens (tertiary/aromatic N) is 2. The van der Waals surface area contributed by atoms with Gasteiger partial charge >= 0.3 is 5.97 Å². The van der Waals surface area contributed by atoms with E-state index in [0.717, 1.165) is 10.8 Å². The maximum atomic E-state index is 14.2.